The minimum atomic E-state index is 0.225. The lowest BCUT2D eigenvalue weighted by Crippen LogP contribution is -2.22. The highest BCUT2D eigenvalue weighted by molar-refractivity contribution is 5.30. The zero-order valence-electron chi connectivity index (χ0n) is 13.8. The topological polar surface area (TPSA) is 21.3 Å². The Kier molecular flexibility index (Phi) is 7.68. The van der Waals surface area contributed by atoms with Crippen molar-refractivity contribution >= 4 is 0 Å². The fourth-order valence-corrected chi connectivity index (χ4v) is 2.28. The van der Waals surface area contributed by atoms with Crippen LogP contribution >= 0.6 is 0 Å². The van der Waals surface area contributed by atoms with E-state index < -0.39 is 0 Å². The summed E-state index contributed by atoms with van der Waals surface area (Å²) < 4.78 is 5.81. The molecule has 0 radical (unpaired) electrons. The minimum absolute atomic E-state index is 0.225. The predicted octanol–water partition coefficient (Wildman–Crippen LogP) is 4.95. The first-order valence-electron chi connectivity index (χ1n) is 8.03. The number of benzene rings is 1. The van der Waals surface area contributed by atoms with Crippen molar-refractivity contribution < 1.29 is 4.74 Å². The van der Waals surface area contributed by atoms with E-state index in [1.165, 1.54) is 24.8 Å². The van der Waals surface area contributed by atoms with Gasteiger partial charge in [-0.25, -0.2) is 0 Å². The summed E-state index contributed by atoms with van der Waals surface area (Å²) in [5.41, 5.74) is 1.34. The van der Waals surface area contributed by atoms with Crippen LogP contribution in [0.1, 0.15) is 65.5 Å². The number of ether oxygens (including phenoxy) is 1. The second-order valence-electron chi connectivity index (χ2n) is 6.22. The van der Waals surface area contributed by atoms with Gasteiger partial charge in [0.05, 0.1) is 6.10 Å². The Balaban J connectivity index is 2.77. The third-order valence-electron chi connectivity index (χ3n) is 3.31. The van der Waals surface area contributed by atoms with Crippen LogP contribution in [0.4, 0.5) is 0 Å². The molecule has 0 aliphatic heterocycles. The molecule has 114 valence electrons. The van der Waals surface area contributed by atoms with Crippen LogP contribution in [0.3, 0.4) is 0 Å². The normalized spacial score (nSPS) is 12.9. The largest absolute Gasteiger partial charge is 0.491 e. The Hall–Kier alpha value is -1.02. The van der Waals surface area contributed by atoms with Crippen LogP contribution < -0.4 is 10.1 Å². The van der Waals surface area contributed by atoms with Crippen molar-refractivity contribution in [1.29, 1.82) is 0 Å². The van der Waals surface area contributed by atoms with Crippen LogP contribution in [0.2, 0.25) is 0 Å². The summed E-state index contributed by atoms with van der Waals surface area (Å²) in [5, 5.41) is 3.67. The van der Waals surface area contributed by atoms with Gasteiger partial charge in [-0.05, 0) is 63.3 Å². The highest BCUT2D eigenvalue weighted by atomic mass is 16.5. The first-order chi connectivity index (χ1) is 9.52. The van der Waals surface area contributed by atoms with Crippen molar-refractivity contribution in [3.8, 4) is 5.75 Å². The summed E-state index contributed by atoms with van der Waals surface area (Å²) in [4.78, 5) is 0. The molecule has 1 aromatic rings. The van der Waals surface area contributed by atoms with Crippen molar-refractivity contribution in [2.75, 3.05) is 6.54 Å². The second kappa shape index (κ2) is 9.02. The van der Waals surface area contributed by atoms with E-state index in [-0.39, 0.29) is 6.10 Å². The molecule has 2 heteroatoms. The van der Waals surface area contributed by atoms with Crippen molar-refractivity contribution in [1.82, 2.24) is 5.32 Å². The summed E-state index contributed by atoms with van der Waals surface area (Å²) in [7, 11) is 0. The smallest absolute Gasteiger partial charge is 0.120 e. The molecule has 0 aromatic heterocycles. The lowest BCUT2D eigenvalue weighted by atomic mass is 9.97. The van der Waals surface area contributed by atoms with Gasteiger partial charge in [-0.15, -0.1) is 0 Å². The third-order valence-corrected chi connectivity index (χ3v) is 3.31. The van der Waals surface area contributed by atoms with Gasteiger partial charge in [0, 0.05) is 6.04 Å². The minimum Gasteiger partial charge on any atom is -0.491 e. The van der Waals surface area contributed by atoms with Crippen molar-refractivity contribution in [2.24, 2.45) is 5.92 Å². The van der Waals surface area contributed by atoms with Crippen LogP contribution in [-0.2, 0) is 0 Å². The molecule has 1 atom stereocenters. The highest BCUT2D eigenvalue weighted by Gasteiger charge is 2.12. The van der Waals surface area contributed by atoms with E-state index in [1.807, 2.05) is 6.07 Å². The molecular weight excluding hydrogens is 246 g/mol. The summed E-state index contributed by atoms with van der Waals surface area (Å²) in [6.07, 6.45) is 3.82. The van der Waals surface area contributed by atoms with Gasteiger partial charge < -0.3 is 10.1 Å². The van der Waals surface area contributed by atoms with Crippen LogP contribution in [0.5, 0.6) is 5.75 Å². The molecule has 2 nitrogen and oxygen atoms in total. The maximum atomic E-state index is 5.81. The molecule has 20 heavy (non-hydrogen) atoms. The van der Waals surface area contributed by atoms with Gasteiger partial charge in [0.15, 0.2) is 0 Å². The molecule has 0 aliphatic carbocycles. The molecule has 1 unspecified atom stereocenters. The van der Waals surface area contributed by atoms with E-state index in [1.54, 1.807) is 0 Å². The van der Waals surface area contributed by atoms with Gasteiger partial charge in [0.2, 0.25) is 0 Å². The summed E-state index contributed by atoms with van der Waals surface area (Å²) in [5.74, 6) is 1.72. The maximum absolute atomic E-state index is 5.81. The zero-order chi connectivity index (χ0) is 15.0. The molecule has 0 aliphatic rings. The Morgan fingerprint density at radius 2 is 1.85 bits per heavy atom. The maximum Gasteiger partial charge on any atom is 0.120 e. The van der Waals surface area contributed by atoms with Crippen molar-refractivity contribution in [3.05, 3.63) is 29.8 Å². The van der Waals surface area contributed by atoms with Gasteiger partial charge >= 0.3 is 0 Å². The van der Waals surface area contributed by atoms with Crippen LogP contribution in [-0.4, -0.2) is 12.6 Å². The number of rotatable bonds is 9. The zero-order valence-corrected chi connectivity index (χ0v) is 13.8. The van der Waals surface area contributed by atoms with E-state index in [2.05, 4.69) is 58.1 Å². The van der Waals surface area contributed by atoms with E-state index >= 15 is 0 Å². The van der Waals surface area contributed by atoms with Crippen LogP contribution in [0.25, 0.3) is 0 Å². The molecule has 0 spiro atoms. The molecule has 1 N–H and O–H groups in total. The second-order valence-corrected chi connectivity index (χ2v) is 6.22. The van der Waals surface area contributed by atoms with Gasteiger partial charge in [-0.1, -0.05) is 32.9 Å². The monoisotopic (exact) mass is 277 g/mol. The van der Waals surface area contributed by atoms with Crippen molar-refractivity contribution in [3.63, 3.8) is 0 Å². The number of hydrogen-bond donors (Lipinski definition) is 1. The van der Waals surface area contributed by atoms with Gasteiger partial charge in [-0.3, -0.25) is 0 Å². The van der Waals surface area contributed by atoms with E-state index in [0.29, 0.717) is 6.04 Å². The van der Waals surface area contributed by atoms with Gasteiger partial charge in [-0.2, -0.15) is 0 Å². The predicted molar refractivity (Wildman–Crippen MR) is 87.3 cm³/mol. The SMILES string of the molecule is CCCNC(CCC(C)C)c1cccc(OC(C)C)c1. The van der Waals surface area contributed by atoms with Gasteiger partial charge in [0.1, 0.15) is 5.75 Å². The lowest BCUT2D eigenvalue weighted by molar-refractivity contribution is 0.242. The molecule has 0 amide bonds. The third kappa shape index (κ3) is 6.42. The summed E-state index contributed by atoms with van der Waals surface area (Å²) >= 11 is 0. The van der Waals surface area contributed by atoms with E-state index in [9.17, 15) is 0 Å². The lowest BCUT2D eigenvalue weighted by Gasteiger charge is -2.21. The van der Waals surface area contributed by atoms with Crippen molar-refractivity contribution in [2.45, 2.75) is 66.0 Å². The first kappa shape index (κ1) is 17.0. The molecule has 0 bridgehead atoms. The Labute approximate surface area is 124 Å². The first-order valence-corrected chi connectivity index (χ1v) is 8.03. The molecule has 1 rings (SSSR count). The fourth-order valence-electron chi connectivity index (χ4n) is 2.28. The average Bonchev–Trinajstić information content (AvgIpc) is 2.38. The summed E-state index contributed by atoms with van der Waals surface area (Å²) in [6, 6.07) is 8.98. The molecule has 1 aromatic carbocycles. The Morgan fingerprint density at radius 3 is 2.45 bits per heavy atom. The number of hydrogen-bond acceptors (Lipinski definition) is 2. The van der Waals surface area contributed by atoms with E-state index in [4.69, 9.17) is 4.74 Å². The molecule has 0 saturated carbocycles. The molecular formula is C18H31NO. The summed E-state index contributed by atoms with van der Waals surface area (Å²) in [6.45, 7) is 12.0. The quantitative estimate of drug-likeness (QED) is 0.689. The van der Waals surface area contributed by atoms with E-state index in [0.717, 1.165) is 18.2 Å². The standard InChI is InChI=1S/C18H31NO/c1-6-12-19-18(11-10-14(2)3)16-8-7-9-17(13-16)20-15(4)5/h7-9,13-15,18-19H,6,10-12H2,1-5H3. The average molecular weight is 277 g/mol. The molecule has 0 heterocycles. The van der Waals surface area contributed by atoms with Crippen LogP contribution in [0.15, 0.2) is 24.3 Å². The Bertz CT molecular complexity index is 373. The Morgan fingerprint density at radius 1 is 1.10 bits per heavy atom. The highest BCUT2D eigenvalue weighted by Crippen LogP contribution is 2.25. The molecule has 0 saturated heterocycles. The van der Waals surface area contributed by atoms with Crippen LogP contribution in [0, 0.1) is 5.92 Å². The molecule has 0 fully saturated rings. The number of nitrogens with one attached hydrogen (secondary N) is 1. The van der Waals surface area contributed by atoms with Gasteiger partial charge in [0.25, 0.3) is 0 Å². The fraction of sp³-hybridized carbons (Fsp3) is 0.667.